The van der Waals surface area contributed by atoms with Gasteiger partial charge in [0.15, 0.2) is 0 Å². The van der Waals surface area contributed by atoms with Gasteiger partial charge in [-0.3, -0.25) is 9.69 Å². The van der Waals surface area contributed by atoms with E-state index in [1.54, 1.807) is 12.1 Å². The van der Waals surface area contributed by atoms with Gasteiger partial charge in [-0.1, -0.05) is 77.4 Å². The molecule has 0 aliphatic carbocycles. The van der Waals surface area contributed by atoms with Gasteiger partial charge in [-0.2, -0.15) is 4.98 Å². The van der Waals surface area contributed by atoms with Crippen LogP contribution in [0.1, 0.15) is 29.5 Å². The summed E-state index contributed by atoms with van der Waals surface area (Å²) in [4.78, 5) is 21.7. The number of aryl methyl sites for hydroxylation is 1. The highest BCUT2D eigenvalue weighted by molar-refractivity contribution is 6.30. The van der Waals surface area contributed by atoms with E-state index in [0.717, 1.165) is 18.7 Å². The second-order valence-electron chi connectivity index (χ2n) is 8.66. The van der Waals surface area contributed by atoms with Crippen molar-refractivity contribution in [1.29, 1.82) is 0 Å². The topological polar surface area (TPSA) is 62.5 Å². The largest absolute Gasteiger partial charge is 0.340 e. The molecule has 7 heteroatoms. The van der Waals surface area contributed by atoms with Crippen molar-refractivity contribution in [2.75, 3.05) is 26.2 Å². The Hall–Kier alpha value is -3.48. The Kier molecular flexibility index (Phi) is 7.21. The molecule has 1 amide bonds. The minimum Gasteiger partial charge on any atom is -0.340 e. The standard InChI is InChI=1S/C28H27ClN4O2/c29-24-13-11-23(12-14-24)28-30-25(35-31-28)15-16-26(34)32-17-19-33(20-18-32)27(21-7-3-1-4-8-21)22-9-5-2-6-10-22/h1-14,27H,15-20H2. The molecule has 5 rings (SSSR count). The molecule has 0 spiro atoms. The molecule has 0 saturated carbocycles. The molecule has 4 aromatic rings. The van der Waals surface area contributed by atoms with E-state index < -0.39 is 0 Å². The van der Waals surface area contributed by atoms with Gasteiger partial charge in [-0.25, -0.2) is 0 Å². The molecule has 1 saturated heterocycles. The van der Waals surface area contributed by atoms with Crippen molar-refractivity contribution in [2.24, 2.45) is 0 Å². The molecule has 0 N–H and O–H groups in total. The molecule has 1 fully saturated rings. The van der Waals surface area contributed by atoms with E-state index in [2.05, 4.69) is 63.6 Å². The molecule has 35 heavy (non-hydrogen) atoms. The Labute approximate surface area is 210 Å². The van der Waals surface area contributed by atoms with Crippen LogP contribution in [0, 0.1) is 0 Å². The Bertz CT molecular complexity index is 1200. The van der Waals surface area contributed by atoms with Crippen molar-refractivity contribution in [3.8, 4) is 11.4 Å². The lowest BCUT2D eigenvalue weighted by atomic mass is 9.96. The van der Waals surface area contributed by atoms with E-state index in [1.165, 1.54) is 11.1 Å². The van der Waals surface area contributed by atoms with E-state index in [-0.39, 0.29) is 11.9 Å². The maximum Gasteiger partial charge on any atom is 0.227 e. The monoisotopic (exact) mass is 486 g/mol. The van der Waals surface area contributed by atoms with E-state index in [9.17, 15) is 4.79 Å². The number of rotatable bonds is 7. The summed E-state index contributed by atoms with van der Waals surface area (Å²) < 4.78 is 5.36. The summed E-state index contributed by atoms with van der Waals surface area (Å²) in [6.45, 7) is 3.05. The molecule has 0 bridgehead atoms. The number of aromatic nitrogens is 2. The average molecular weight is 487 g/mol. The van der Waals surface area contributed by atoms with E-state index >= 15 is 0 Å². The maximum atomic E-state index is 12.9. The second-order valence-corrected chi connectivity index (χ2v) is 9.10. The molecule has 0 atom stereocenters. The number of carbonyl (C=O) groups excluding carboxylic acids is 1. The van der Waals surface area contributed by atoms with Gasteiger partial charge in [-0.15, -0.1) is 0 Å². The number of nitrogens with zero attached hydrogens (tertiary/aromatic N) is 4. The average Bonchev–Trinajstić information content (AvgIpc) is 3.39. The highest BCUT2D eigenvalue weighted by Crippen LogP contribution is 2.29. The maximum absolute atomic E-state index is 12.9. The van der Waals surface area contributed by atoms with Crippen molar-refractivity contribution in [3.63, 3.8) is 0 Å². The minimum atomic E-state index is 0.117. The lowest BCUT2D eigenvalue weighted by Crippen LogP contribution is -2.49. The minimum absolute atomic E-state index is 0.117. The number of benzene rings is 3. The molecular formula is C28H27ClN4O2. The van der Waals surface area contributed by atoms with Gasteiger partial charge in [-0.05, 0) is 35.4 Å². The lowest BCUT2D eigenvalue weighted by molar-refractivity contribution is -0.133. The number of amides is 1. The molecule has 1 aromatic heterocycles. The molecule has 1 aliphatic rings. The summed E-state index contributed by atoms with van der Waals surface area (Å²) in [6, 6.07) is 28.6. The van der Waals surface area contributed by atoms with Crippen LogP contribution in [0.5, 0.6) is 0 Å². The van der Waals surface area contributed by atoms with Crippen molar-refractivity contribution >= 4 is 17.5 Å². The normalized spacial score (nSPS) is 14.4. The van der Waals surface area contributed by atoms with E-state index in [0.29, 0.717) is 42.7 Å². The smallest absolute Gasteiger partial charge is 0.227 e. The molecule has 2 heterocycles. The van der Waals surface area contributed by atoms with Gasteiger partial charge in [0, 0.05) is 49.6 Å². The molecule has 1 aliphatic heterocycles. The van der Waals surface area contributed by atoms with Crippen LogP contribution >= 0.6 is 11.6 Å². The zero-order chi connectivity index (χ0) is 24.0. The summed E-state index contributed by atoms with van der Waals surface area (Å²) in [7, 11) is 0. The van der Waals surface area contributed by atoms with Crippen LogP contribution in [-0.4, -0.2) is 52.0 Å². The van der Waals surface area contributed by atoms with Crippen molar-refractivity contribution < 1.29 is 9.32 Å². The highest BCUT2D eigenvalue weighted by Gasteiger charge is 2.28. The number of piperazine rings is 1. The molecule has 6 nitrogen and oxygen atoms in total. The van der Waals surface area contributed by atoms with Gasteiger partial charge < -0.3 is 9.42 Å². The fourth-order valence-corrected chi connectivity index (χ4v) is 4.68. The number of hydrogen-bond acceptors (Lipinski definition) is 5. The van der Waals surface area contributed by atoms with Crippen LogP contribution in [-0.2, 0) is 11.2 Å². The number of carbonyl (C=O) groups is 1. The van der Waals surface area contributed by atoms with Crippen LogP contribution in [0.2, 0.25) is 5.02 Å². The van der Waals surface area contributed by atoms with Gasteiger partial charge in [0.25, 0.3) is 0 Å². The van der Waals surface area contributed by atoms with Crippen LogP contribution < -0.4 is 0 Å². The van der Waals surface area contributed by atoms with Crippen LogP contribution in [0.25, 0.3) is 11.4 Å². The summed E-state index contributed by atoms with van der Waals surface area (Å²) in [6.07, 6.45) is 0.777. The van der Waals surface area contributed by atoms with Crippen molar-refractivity contribution in [1.82, 2.24) is 19.9 Å². The second kappa shape index (κ2) is 10.8. The first-order chi connectivity index (χ1) is 17.2. The van der Waals surface area contributed by atoms with Crippen molar-refractivity contribution in [2.45, 2.75) is 18.9 Å². The van der Waals surface area contributed by atoms with Crippen LogP contribution in [0.15, 0.2) is 89.5 Å². The van der Waals surface area contributed by atoms with Gasteiger partial charge in [0.2, 0.25) is 17.6 Å². The lowest BCUT2D eigenvalue weighted by Gasteiger charge is -2.39. The van der Waals surface area contributed by atoms with Gasteiger partial charge in [0.1, 0.15) is 0 Å². The third kappa shape index (κ3) is 5.61. The quantitative estimate of drug-likeness (QED) is 0.356. The Morgan fingerprint density at radius 3 is 2.06 bits per heavy atom. The number of hydrogen-bond donors (Lipinski definition) is 0. The highest BCUT2D eigenvalue weighted by atomic mass is 35.5. The molecular weight excluding hydrogens is 460 g/mol. The Morgan fingerprint density at radius 1 is 0.857 bits per heavy atom. The molecule has 0 radical (unpaired) electrons. The number of halogens is 1. The van der Waals surface area contributed by atoms with Gasteiger partial charge >= 0.3 is 0 Å². The SMILES string of the molecule is O=C(CCc1nc(-c2ccc(Cl)cc2)no1)N1CCN(C(c2ccccc2)c2ccccc2)CC1. The van der Waals surface area contributed by atoms with E-state index in [4.69, 9.17) is 16.1 Å². The third-order valence-electron chi connectivity index (χ3n) is 6.39. The molecule has 3 aromatic carbocycles. The fourth-order valence-electron chi connectivity index (χ4n) is 4.56. The van der Waals surface area contributed by atoms with Crippen molar-refractivity contribution in [3.05, 3.63) is 107 Å². The third-order valence-corrected chi connectivity index (χ3v) is 6.64. The van der Waals surface area contributed by atoms with E-state index in [1.807, 2.05) is 29.2 Å². The fraction of sp³-hybridized carbons (Fsp3) is 0.250. The first-order valence-electron chi connectivity index (χ1n) is 11.9. The Balaban J connectivity index is 1.18. The zero-order valence-electron chi connectivity index (χ0n) is 19.4. The van der Waals surface area contributed by atoms with Crippen LogP contribution in [0.3, 0.4) is 0 Å². The predicted molar refractivity (Wildman–Crippen MR) is 136 cm³/mol. The van der Waals surface area contributed by atoms with Crippen LogP contribution in [0.4, 0.5) is 0 Å². The summed E-state index contributed by atoms with van der Waals surface area (Å²) in [5.74, 6) is 1.09. The summed E-state index contributed by atoms with van der Waals surface area (Å²) >= 11 is 5.94. The zero-order valence-corrected chi connectivity index (χ0v) is 20.1. The Morgan fingerprint density at radius 2 is 1.46 bits per heavy atom. The van der Waals surface area contributed by atoms with Gasteiger partial charge in [0.05, 0.1) is 6.04 Å². The molecule has 0 unspecified atom stereocenters. The first-order valence-corrected chi connectivity index (χ1v) is 12.3. The first kappa shape index (κ1) is 23.3. The summed E-state index contributed by atoms with van der Waals surface area (Å²) in [5.41, 5.74) is 3.37. The summed E-state index contributed by atoms with van der Waals surface area (Å²) in [5, 5.41) is 4.69. The predicted octanol–water partition coefficient (Wildman–Crippen LogP) is 5.26. The molecule has 178 valence electrons.